The average Bonchev–Trinajstić information content (AvgIpc) is 3.17. The standard InChI is InChI=1S/C25H27ClF3N5O/c1-34-21-5-3-2-4-17(21)23(33-34)24(35)31-16-9-7-15(8-10-16)30-20-13-22(25(27,28)29)32-19-11-6-14(26)12-18(19)20/h6,11-13,15-16H,2-5,7-10H2,1H3,(H,30,32)(H,31,35). The normalized spacial score (nSPS) is 20.5. The van der Waals surface area contributed by atoms with E-state index < -0.39 is 11.9 Å². The van der Waals surface area contributed by atoms with Crippen molar-refractivity contribution in [2.45, 2.75) is 69.6 Å². The fourth-order valence-electron chi connectivity index (χ4n) is 5.27. The van der Waals surface area contributed by atoms with Gasteiger partial charge in [0.1, 0.15) is 5.69 Å². The summed E-state index contributed by atoms with van der Waals surface area (Å²) in [6, 6.07) is 5.71. The Bertz CT molecular complexity index is 1260. The zero-order chi connectivity index (χ0) is 24.7. The number of amides is 1. The minimum atomic E-state index is -4.54. The first kappa shape index (κ1) is 23.9. The van der Waals surface area contributed by atoms with E-state index in [-0.39, 0.29) is 23.5 Å². The van der Waals surface area contributed by atoms with Gasteiger partial charge in [-0.2, -0.15) is 18.3 Å². The van der Waals surface area contributed by atoms with Crippen LogP contribution in [0.25, 0.3) is 10.9 Å². The molecule has 3 aromatic rings. The van der Waals surface area contributed by atoms with Crippen molar-refractivity contribution in [2.24, 2.45) is 7.05 Å². The van der Waals surface area contributed by atoms with Crippen LogP contribution in [-0.4, -0.2) is 32.8 Å². The number of nitrogens with one attached hydrogen (secondary N) is 2. The van der Waals surface area contributed by atoms with E-state index in [0.717, 1.165) is 68.7 Å². The number of hydrogen-bond donors (Lipinski definition) is 2. The highest BCUT2D eigenvalue weighted by atomic mass is 35.5. The van der Waals surface area contributed by atoms with Gasteiger partial charge in [-0.1, -0.05) is 11.6 Å². The largest absolute Gasteiger partial charge is 0.433 e. The predicted octanol–water partition coefficient (Wildman–Crippen LogP) is 5.67. The zero-order valence-corrected chi connectivity index (χ0v) is 20.1. The number of rotatable bonds is 4. The number of carbonyl (C=O) groups excluding carboxylic acids is 1. The number of carbonyl (C=O) groups is 1. The predicted molar refractivity (Wildman–Crippen MR) is 129 cm³/mol. The van der Waals surface area contributed by atoms with Crippen LogP contribution >= 0.6 is 11.6 Å². The average molecular weight is 506 g/mol. The summed E-state index contributed by atoms with van der Waals surface area (Å²) in [6.45, 7) is 0. The lowest BCUT2D eigenvalue weighted by atomic mass is 9.90. The van der Waals surface area contributed by atoms with Crippen LogP contribution in [0.15, 0.2) is 24.3 Å². The van der Waals surface area contributed by atoms with Crippen LogP contribution in [0.2, 0.25) is 5.02 Å². The molecule has 5 rings (SSSR count). The highest BCUT2D eigenvalue weighted by Crippen LogP contribution is 2.35. The second-order valence-corrected chi connectivity index (χ2v) is 9.92. The Hall–Kier alpha value is -2.81. The van der Waals surface area contributed by atoms with Gasteiger partial charge in [0.05, 0.1) is 5.52 Å². The smallest absolute Gasteiger partial charge is 0.382 e. The number of pyridine rings is 1. The molecule has 35 heavy (non-hydrogen) atoms. The monoisotopic (exact) mass is 505 g/mol. The molecule has 186 valence electrons. The van der Waals surface area contributed by atoms with Crippen LogP contribution in [0.3, 0.4) is 0 Å². The van der Waals surface area contributed by atoms with Crippen molar-refractivity contribution in [2.75, 3.05) is 5.32 Å². The van der Waals surface area contributed by atoms with Crippen LogP contribution in [-0.2, 0) is 26.1 Å². The van der Waals surface area contributed by atoms with Crippen molar-refractivity contribution in [1.29, 1.82) is 0 Å². The number of hydrogen-bond acceptors (Lipinski definition) is 4. The van der Waals surface area contributed by atoms with Gasteiger partial charge in [-0.3, -0.25) is 9.48 Å². The van der Waals surface area contributed by atoms with E-state index in [0.29, 0.717) is 21.8 Å². The van der Waals surface area contributed by atoms with E-state index in [1.807, 2.05) is 11.7 Å². The van der Waals surface area contributed by atoms with Gasteiger partial charge < -0.3 is 10.6 Å². The molecule has 2 heterocycles. The summed E-state index contributed by atoms with van der Waals surface area (Å²) in [6.07, 6.45) is 2.38. The van der Waals surface area contributed by atoms with Crippen molar-refractivity contribution >= 4 is 34.1 Å². The minimum absolute atomic E-state index is 0.0103. The number of benzene rings is 1. The number of halogens is 4. The quantitative estimate of drug-likeness (QED) is 0.479. The summed E-state index contributed by atoms with van der Waals surface area (Å²) in [5.74, 6) is -0.134. The molecule has 1 saturated carbocycles. The van der Waals surface area contributed by atoms with Gasteiger partial charge in [0.25, 0.3) is 5.91 Å². The van der Waals surface area contributed by atoms with E-state index in [1.165, 1.54) is 12.1 Å². The molecule has 2 N–H and O–H groups in total. The van der Waals surface area contributed by atoms with Crippen LogP contribution in [0.4, 0.5) is 18.9 Å². The zero-order valence-electron chi connectivity index (χ0n) is 19.4. The molecule has 0 aliphatic heterocycles. The minimum Gasteiger partial charge on any atom is -0.382 e. The van der Waals surface area contributed by atoms with E-state index in [2.05, 4.69) is 20.7 Å². The summed E-state index contributed by atoms with van der Waals surface area (Å²) in [5.41, 5.74) is 2.42. The Morgan fingerprint density at radius 1 is 1.09 bits per heavy atom. The highest BCUT2D eigenvalue weighted by molar-refractivity contribution is 6.31. The summed E-state index contributed by atoms with van der Waals surface area (Å²) in [4.78, 5) is 16.7. The third-order valence-electron chi connectivity index (χ3n) is 7.06. The topological polar surface area (TPSA) is 71.8 Å². The molecule has 0 saturated heterocycles. The second kappa shape index (κ2) is 9.33. The Kier molecular flexibility index (Phi) is 6.38. The molecule has 0 atom stereocenters. The highest BCUT2D eigenvalue weighted by Gasteiger charge is 2.34. The Morgan fingerprint density at radius 3 is 2.54 bits per heavy atom. The summed E-state index contributed by atoms with van der Waals surface area (Å²) in [7, 11) is 1.89. The molecule has 10 heteroatoms. The Morgan fingerprint density at radius 2 is 1.80 bits per heavy atom. The maximum Gasteiger partial charge on any atom is 0.433 e. The number of fused-ring (bicyclic) bond motifs is 2. The molecule has 1 aromatic carbocycles. The van der Waals surface area contributed by atoms with Crippen molar-refractivity contribution in [1.82, 2.24) is 20.1 Å². The fourth-order valence-corrected chi connectivity index (χ4v) is 5.45. The van der Waals surface area contributed by atoms with Gasteiger partial charge in [0.2, 0.25) is 0 Å². The van der Waals surface area contributed by atoms with Gasteiger partial charge in [-0.05, 0) is 75.6 Å². The maximum absolute atomic E-state index is 13.4. The molecule has 6 nitrogen and oxygen atoms in total. The number of aromatic nitrogens is 3. The first-order chi connectivity index (χ1) is 16.7. The molecule has 0 unspecified atom stereocenters. The van der Waals surface area contributed by atoms with Crippen LogP contribution < -0.4 is 10.6 Å². The van der Waals surface area contributed by atoms with Crippen LogP contribution in [0.5, 0.6) is 0 Å². The molecular formula is C25H27ClF3N5O. The number of alkyl halides is 3. The van der Waals surface area contributed by atoms with E-state index in [1.54, 1.807) is 6.07 Å². The Labute approximate surface area is 206 Å². The first-order valence-electron chi connectivity index (χ1n) is 12.0. The fraction of sp³-hybridized carbons (Fsp3) is 0.480. The first-order valence-corrected chi connectivity index (χ1v) is 12.4. The molecule has 2 aliphatic rings. The third kappa shape index (κ3) is 4.96. The second-order valence-electron chi connectivity index (χ2n) is 9.49. The van der Waals surface area contributed by atoms with Crippen molar-refractivity contribution in [3.8, 4) is 0 Å². The van der Waals surface area contributed by atoms with Crippen molar-refractivity contribution in [3.05, 3.63) is 51.9 Å². The molecule has 2 aromatic heterocycles. The summed E-state index contributed by atoms with van der Waals surface area (Å²) in [5, 5.41) is 11.9. The lowest BCUT2D eigenvalue weighted by Crippen LogP contribution is -2.40. The van der Waals surface area contributed by atoms with E-state index in [9.17, 15) is 18.0 Å². The molecule has 0 bridgehead atoms. The van der Waals surface area contributed by atoms with Crippen LogP contribution in [0, 0.1) is 0 Å². The van der Waals surface area contributed by atoms with Crippen molar-refractivity contribution < 1.29 is 18.0 Å². The summed E-state index contributed by atoms with van der Waals surface area (Å²) >= 11 is 6.10. The van der Waals surface area contributed by atoms with Gasteiger partial charge in [0.15, 0.2) is 5.69 Å². The van der Waals surface area contributed by atoms with Gasteiger partial charge in [0, 0.05) is 46.5 Å². The van der Waals surface area contributed by atoms with Crippen LogP contribution in [0.1, 0.15) is 66.0 Å². The summed E-state index contributed by atoms with van der Waals surface area (Å²) < 4.78 is 42.1. The molecule has 2 aliphatic carbocycles. The van der Waals surface area contributed by atoms with Gasteiger partial charge in [-0.25, -0.2) is 4.98 Å². The van der Waals surface area contributed by atoms with E-state index in [4.69, 9.17) is 11.6 Å². The van der Waals surface area contributed by atoms with Crippen molar-refractivity contribution in [3.63, 3.8) is 0 Å². The maximum atomic E-state index is 13.4. The SMILES string of the molecule is Cn1nc(C(=O)NC2CCC(Nc3cc(C(F)(F)F)nc4ccc(Cl)cc34)CC2)c2c1CCCC2. The Balaban J connectivity index is 1.26. The number of nitrogens with zero attached hydrogens (tertiary/aromatic N) is 3. The van der Waals surface area contributed by atoms with Gasteiger partial charge in [-0.15, -0.1) is 0 Å². The molecule has 0 spiro atoms. The molecule has 1 amide bonds. The molecule has 0 radical (unpaired) electrons. The number of aryl methyl sites for hydroxylation is 1. The third-order valence-corrected chi connectivity index (χ3v) is 7.30. The lowest BCUT2D eigenvalue weighted by molar-refractivity contribution is -0.140. The number of anilines is 1. The molecule has 1 fully saturated rings. The van der Waals surface area contributed by atoms with E-state index >= 15 is 0 Å². The van der Waals surface area contributed by atoms with Gasteiger partial charge >= 0.3 is 6.18 Å². The molecular weight excluding hydrogens is 479 g/mol. The lowest BCUT2D eigenvalue weighted by Gasteiger charge is -2.30.